The molecule has 0 fully saturated rings. The van der Waals surface area contributed by atoms with Gasteiger partial charge in [-0.05, 0) is 58.7 Å². The van der Waals surface area contributed by atoms with Crippen molar-refractivity contribution in [3.8, 4) is 0 Å². The molecule has 20 nitrogen and oxygen atoms in total. The lowest BCUT2D eigenvalue weighted by Gasteiger charge is -2.08. The molecule has 0 saturated heterocycles. The predicted octanol–water partition coefficient (Wildman–Crippen LogP) is -5.49. The molecule has 42 heavy (non-hydrogen) atoms. The summed E-state index contributed by atoms with van der Waals surface area (Å²) in [4.78, 5) is 49.7. The van der Waals surface area contributed by atoms with Crippen LogP contribution in [0.5, 0.6) is 0 Å². The number of carboxylic acid groups (broad SMARTS) is 5. The maximum atomic E-state index is 10.1. The second-order valence-corrected chi connectivity index (χ2v) is 8.53. The van der Waals surface area contributed by atoms with E-state index in [1.54, 1.807) is 6.92 Å². The predicted molar refractivity (Wildman–Crippen MR) is 156 cm³/mol. The van der Waals surface area contributed by atoms with Crippen molar-refractivity contribution in [1.82, 2.24) is 0 Å². The van der Waals surface area contributed by atoms with Crippen LogP contribution in [0, 0.1) is 0 Å². The molecule has 252 valence electrons. The topological polar surface area (TPSA) is 447 Å². The second-order valence-electron chi connectivity index (χ2n) is 8.53. The van der Waals surface area contributed by atoms with Crippen molar-refractivity contribution in [2.24, 2.45) is 57.3 Å². The highest BCUT2D eigenvalue weighted by atomic mass is 16.4. The Balaban J connectivity index is -0.000000137. The number of aliphatic carboxylic acids is 5. The zero-order valence-electron chi connectivity index (χ0n) is 24.1. The molecule has 0 saturated carbocycles. The summed E-state index contributed by atoms with van der Waals surface area (Å²) in [5.74, 6) is -4.99. The molecule has 25 N–H and O–H groups in total. The van der Waals surface area contributed by atoms with Crippen LogP contribution in [0.25, 0.3) is 0 Å². The normalized spacial score (nSPS) is 14.0. The first-order valence-corrected chi connectivity index (χ1v) is 12.8. The van der Waals surface area contributed by atoms with Gasteiger partial charge in [0.1, 0.15) is 30.2 Å². The van der Waals surface area contributed by atoms with Crippen LogP contribution in [-0.4, -0.2) is 118 Å². The van der Waals surface area contributed by atoms with Crippen LogP contribution in [0.3, 0.4) is 0 Å². The number of carboxylic acids is 5. The number of carbonyl (C=O) groups is 5. The molecule has 0 aliphatic carbocycles. The molecule has 0 spiro atoms. The first kappa shape index (κ1) is 48.7. The van der Waals surface area contributed by atoms with E-state index in [-0.39, 0.29) is 6.54 Å². The molecule has 0 aliphatic rings. The van der Waals surface area contributed by atoms with Gasteiger partial charge >= 0.3 is 29.8 Å². The van der Waals surface area contributed by atoms with Gasteiger partial charge in [-0.3, -0.25) is 24.0 Å². The largest absolute Gasteiger partial charge is 0.480 e. The van der Waals surface area contributed by atoms with E-state index < -0.39 is 66.1 Å². The molecule has 0 aromatic rings. The summed E-state index contributed by atoms with van der Waals surface area (Å²) < 4.78 is 0. The van der Waals surface area contributed by atoms with Crippen molar-refractivity contribution < 1.29 is 49.5 Å². The van der Waals surface area contributed by atoms with E-state index in [4.69, 9.17) is 82.9 Å². The van der Waals surface area contributed by atoms with Crippen LogP contribution >= 0.6 is 0 Å². The minimum absolute atomic E-state index is 0.00463. The Labute approximate surface area is 245 Å². The number of rotatable bonds is 16. The Kier molecular flexibility index (Phi) is 37.6. The quantitative estimate of drug-likeness (QED) is 0.0716. The molecule has 20 heteroatoms. The first-order chi connectivity index (χ1) is 19.3. The van der Waals surface area contributed by atoms with Crippen LogP contribution in [0.1, 0.15) is 45.4 Å². The number of unbranched alkanes of at least 4 members (excludes halogenated alkanes) is 1. The third kappa shape index (κ3) is 39.1. The third-order valence-electron chi connectivity index (χ3n) is 4.54. The lowest BCUT2D eigenvalue weighted by atomic mass is 10.1. The molecule has 0 bridgehead atoms. The van der Waals surface area contributed by atoms with Gasteiger partial charge in [-0.15, -0.1) is 0 Å². The van der Waals surface area contributed by atoms with Gasteiger partial charge in [-0.2, -0.15) is 0 Å². The molecular weight excluding hydrogens is 564 g/mol. The minimum Gasteiger partial charge on any atom is -0.480 e. The number of nitrogens with two attached hydrogens (primary N) is 10. The van der Waals surface area contributed by atoms with E-state index >= 15 is 0 Å². The number of hydrogen-bond acceptors (Lipinski definition) is 15. The summed E-state index contributed by atoms with van der Waals surface area (Å²) >= 11 is 0. The summed E-state index contributed by atoms with van der Waals surface area (Å²) in [7, 11) is 0. The maximum absolute atomic E-state index is 10.1. The molecule has 0 aromatic carbocycles. The molecule has 0 aromatic heterocycles. The lowest BCUT2D eigenvalue weighted by Crippen LogP contribution is -2.44. The summed E-state index contributed by atoms with van der Waals surface area (Å²) in [6.45, 7) is 2.98. The van der Waals surface area contributed by atoms with Gasteiger partial charge in [0.15, 0.2) is 0 Å². The molecule has 1 unspecified atom stereocenters. The fourth-order valence-electron chi connectivity index (χ4n) is 1.72. The first-order valence-electron chi connectivity index (χ1n) is 12.8. The Morgan fingerprint density at radius 2 is 0.810 bits per heavy atom. The summed E-state index contributed by atoms with van der Waals surface area (Å²) in [5, 5.41) is 40.8. The van der Waals surface area contributed by atoms with Crippen molar-refractivity contribution in [2.75, 3.05) is 26.2 Å². The second kappa shape index (κ2) is 32.5. The van der Waals surface area contributed by atoms with Crippen molar-refractivity contribution >= 4 is 29.8 Å². The standard InChI is InChI=1S/C6H14N2O2.C5H12N2O2.2C4H10N2O2.C3H8N2O2/c7-4-2-1-3-5(8)6(9)10;6-3-1-2-4(7)5(8)9;1-2(5)3(6)4(7)8;5-2-1-3(6)4(7)8;4-1-2(5)3(6)7/h5H,1-4,7-8H2,(H,9,10);4H,1-3,6-7H2,(H,8,9);2-3H,5-6H2,1H3,(H,7,8);3H,1-2,5-6H2,(H,7,8);2H,1,4-5H2,(H,6,7)/t5-;4-;2-,3+;3-;/m0010./s1. The van der Waals surface area contributed by atoms with E-state index in [1.807, 2.05) is 0 Å². The van der Waals surface area contributed by atoms with Crippen LogP contribution in [0.15, 0.2) is 0 Å². The molecule has 0 radical (unpaired) electrons. The van der Waals surface area contributed by atoms with Gasteiger partial charge < -0.3 is 82.9 Å². The van der Waals surface area contributed by atoms with Crippen molar-refractivity contribution in [3.05, 3.63) is 0 Å². The Hall–Kier alpha value is -3.05. The van der Waals surface area contributed by atoms with E-state index in [0.29, 0.717) is 45.3 Å². The monoisotopic (exact) mass is 618 g/mol. The maximum Gasteiger partial charge on any atom is 0.322 e. The van der Waals surface area contributed by atoms with Crippen LogP contribution < -0.4 is 57.3 Å². The van der Waals surface area contributed by atoms with Crippen molar-refractivity contribution in [3.63, 3.8) is 0 Å². The molecule has 0 aliphatic heterocycles. The Morgan fingerprint density at radius 3 is 0.976 bits per heavy atom. The molecule has 0 heterocycles. The van der Waals surface area contributed by atoms with E-state index in [1.165, 1.54) is 0 Å². The average Bonchev–Trinajstić information content (AvgIpc) is 2.91. The SMILES string of the molecule is C[C@@H](N)[C@H](N)C(=O)O.NCC(N)C(=O)O.NCCCC[C@H](N)C(=O)O.NCCC[C@H](N)C(=O)O.NCC[C@H](N)C(=O)O. The molecule has 0 amide bonds. The lowest BCUT2D eigenvalue weighted by molar-refractivity contribution is -0.139. The highest BCUT2D eigenvalue weighted by molar-refractivity contribution is 5.74. The highest BCUT2D eigenvalue weighted by Crippen LogP contribution is 1.97. The Morgan fingerprint density at radius 1 is 0.476 bits per heavy atom. The summed E-state index contributed by atoms with van der Waals surface area (Å²) in [6.07, 6.45) is 3.64. The van der Waals surface area contributed by atoms with Gasteiger partial charge in [-0.25, -0.2) is 0 Å². The van der Waals surface area contributed by atoms with Gasteiger partial charge in [0, 0.05) is 12.6 Å². The summed E-state index contributed by atoms with van der Waals surface area (Å²) in [6, 6.07) is -4.57. The fraction of sp³-hybridized carbons (Fsp3) is 0.773. The Bertz CT molecular complexity index is 719. The van der Waals surface area contributed by atoms with E-state index in [0.717, 1.165) is 12.8 Å². The zero-order valence-corrected chi connectivity index (χ0v) is 24.1. The van der Waals surface area contributed by atoms with Crippen molar-refractivity contribution in [2.45, 2.75) is 81.7 Å². The molecule has 0 rings (SSSR count). The van der Waals surface area contributed by atoms with Gasteiger partial charge in [0.2, 0.25) is 0 Å². The third-order valence-corrected chi connectivity index (χ3v) is 4.54. The van der Waals surface area contributed by atoms with Crippen LogP contribution in [0.2, 0.25) is 0 Å². The van der Waals surface area contributed by atoms with Gasteiger partial charge in [-0.1, -0.05) is 6.42 Å². The summed E-state index contributed by atoms with van der Waals surface area (Å²) in [5.41, 5.74) is 50.7. The van der Waals surface area contributed by atoms with E-state index in [9.17, 15) is 24.0 Å². The molecular formula is C22H54N10O10. The molecule has 6 atom stereocenters. The smallest absolute Gasteiger partial charge is 0.322 e. The van der Waals surface area contributed by atoms with Gasteiger partial charge in [0.25, 0.3) is 0 Å². The minimum atomic E-state index is -1.06. The number of hydrogen-bond donors (Lipinski definition) is 15. The average molecular weight is 619 g/mol. The zero-order chi connectivity index (χ0) is 34.4. The van der Waals surface area contributed by atoms with Crippen molar-refractivity contribution in [1.29, 1.82) is 0 Å². The van der Waals surface area contributed by atoms with E-state index in [2.05, 4.69) is 0 Å². The fourth-order valence-corrected chi connectivity index (χ4v) is 1.72. The van der Waals surface area contributed by atoms with Crippen LogP contribution in [0.4, 0.5) is 0 Å². The van der Waals surface area contributed by atoms with Crippen LogP contribution in [-0.2, 0) is 24.0 Å². The highest BCUT2D eigenvalue weighted by Gasteiger charge is 2.15. The van der Waals surface area contributed by atoms with Gasteiger partial charge in [0.05, 0.1) is 0 Å².